The Bertz CT molecular complexity index is 867. The zero-order valence-electron chi connectivity index (χ0n) is 14.6. The molecule has 0 bridgehead atoms. The van der Waals surface area contributed by atoms with Crippen LogP contribution in [-0.4, -0.2) is 6.36 Å². The van der Waals surface area contributed by atoms with E-state index in [-0.39, 0.29) is 5.75 Å². The summed E-state index contributed by atoms with van der Waals surface area (Å²) in [5.41, 5.74) is 3.16. The molecule has 0 atom stereocenters. The van der Waals surface area contributed by atoms with Crippen molar-refractivity contribution in [2.45, 2.75) is 39.0 Å². The molecule has 136 valence electrons. The van der Waals surface area contributed by atoms with Crippen LogP contribution in [0.1, 0.15) is 31.7 Å². The van der Waals surface area contributed by atoms with Crippen molar-refractivity contribution in [2.75, 3.05) is 0 Å². The first-order chi connectivity index (χ1) is 12.4. The highest BCUT2D eigenvalue weighted by molar-refractivity contribution is 5.87. The molecule has 3 aromatic rings. The van der Waals surface area contributed by atoms with E-state index in [2.05, 4.69) is 42.0 Å². The molecule has 0 N–H and O–H groups in total. The SMILES string of the molecule is CCCCCc1ccc2cc(-c3ccc(OC(F)(F)F)cc3)ccc2c1. The lowest BCUT2D eigenvalue weighted by atomic mass is 9.98. The lowest BCUT2D eigenvalue weighted by Crippen LogP contribution is -2.16. The molecule has 0 aliphatic carbocycles. The molecular formula is C22H21F3O. The minimum Gasteiger partial charge on any atom is -0.406 e. The highest BCUT2D eigenvalue weighted by atomic mass is 19.4. The third kappa shape index (κ3) is 4.78. The maximum atomic E-state index is 12.2. The molecule has 0 aliphatic rings. The fourth-order valence-electron chi connectivity index (χ4n) is 3.06. The van der Waals surface area contributed by atoms with Gasteiger partial charge in [0.15, 0.2) is 0 Å². The summed E-state index contributed by atoms with van der Waals surface area (Å²) >= 11 is 0. The van der Waals surface area contributed by atoms with Gasteiger partial charge < -0.3 is 4.74 Å². The monoisotopic (exact) mass is 358 g/mol. The second kappa shape index (κ2) is 7.81. The van der Waals surface area contributed by atoms with Crippen molar-refractivity contribution < 1.29 is 17.9 Å². The predicted octanol–water partition coefficient (Wildman–Crippen LogP) is 7.14. The first-order valence-corrected chi connectivity index (χ1v) is 8.83. The van der Waals surface area contributed by atoms with Crippen LogP contribution in [-0.2, 0) is 6.42 Å². The number of aryl methyl sites for hydroxylation is 1. The van der Waals surface area contributed by atoms with Gasteiger partial charge in [-0.15, -0.1) is 13.2 Å². The van der Waals surface area contributed by atoms with Gasteiger partial charge in [0.2, 0.25) is 0 Å². The summed E-state index contributed by atoms with van der Waals surface area (Å²) in [7, 11) is 0. The normalized spacial score (nSPS) is 11.7. The minimum atomic E-state index is -4.67. The highest BCUT2D eigenvalue weighted by Gasteiger charge is 2.30. The summed E-state index contributed by atoms with van der Waals surface area (Å²) in [4.78, 5) is 0. The number of hydrogen-bond acceptors (Lipinski definition) is 1. The Morgan fingerprint density at radius 2 is 1.42 bits per heavy atom. The van der Waals surface area contributed by atoms with E-state index >= 15 is 0 Å². The summed E-state index contributed by atoms with van der Waals surface area (Å²) in [6.45, 7) is 2.20. The molecule has 0 heterocycles. The molecule has 0 spiro atoms. The van der Waals surface area contributed by atoms with E-state index in [9.17, 15) is 13.2 Å². The number of unbranched alkanes of at least 4 members (excludes halogenated alkanes) is 2. The summed E-state index contributed by atoms with van der Waals surface area (Å²) in [5.74, 6) is -0.209. The molecule has 0 aromatic heterocycles. The summed E-state index contributed by atoms with van der Waals surface area (Å²) in [5, 5.41) is 2.30. The third-order valence-corrected chi connectivity index (χ3v) is 4.39. The molecule has 3 aromatic carbocycles. The largest absolute Gasteiger partial charge is 0.573 e. The van der Waals surface area contributed by atoms with Gasteiger partial charge >= 0.3 is 6.36 Å². The summed E-state index contributed by atoms with van der Waals surface area (Å²) in [6, 6.07) is 18.6. The van der Waals surface area contributed by atoms with E-state index in [4.69, 9.17) is 0 Å². The zero-order valence-corrected chi connectivity index (χ0v) is 14.6. The number of fused-ring (bicyclic) bond motifs is 1. The average Bonchev–Trinajstić information content (AvgIpc) is 2.61. The highest BCUT2D eigenvalue weighted by Crippen LogP contribution is 2.29. The molecule has 4 heteroatoms. The molecule has 0 fully saturated rings. The number of rotatable bonds is 6. The van der Waals surface area contributed by atoms with Gasteiger partial charge in [0.1, 0.15) is 5.75 Å². The van der Waals surface area contributed by atoms with Gasteiger partial charge in [-0.3, -0.25) is 0 Å². The number of halogens is 3. The Balaban J connectivity index is 1.79. The molecule has 3 rings (SSSR count). The predicted molar refractivity (Wildman–Crippen MR) is 99.3 cm³/mol. The molecule has 0 aliphatic heterocycles. The van der Waals surface area contributed by atoms with Gasteiger partial charge in [-0.25, -0.2) is 0 Å². The van der Waals surface area contributed by atoms with E-state index in [0.29, 0.717) is 0 Å². The van der Waals surface area contributed by atoms with Crippen molar-refractivity contribution >= 4 is 10.8 Å². The Morgan fingerprint density at radius 3 is 2.12 bits per heavy atom. The standard InChI is InChI=1S/C22H21F3O/c1-2-3-4-5-16-6-7-20-15-19(9-8-18(20)14-16)17-10-12-21(13-11-17)26-22(23,24)25/h6-15H,2-5H2,1H3. The van der Waals surface area contributed by atoms with Gasteiger partial charge in [-0.1, -0.05) is 62.2 Å². The van der Waals surface area contributed by atoms with Crippen LogP contribution in [0.15, 0.2) is 60.7 Å². The first kappa shape index (κ1) is 18.3. The average molecular weight is 358 g/mol. The fraction of sp³-hybridized carbons (Fsp3) is 0.273. The van der Waals surface area contributed by atoms with Gasteiger partial charge in [0.05, 0.1) is 0 Å². The van der Waals surface area contributed by atoms with Crippen LogP contribution in [0.4, 0.5) is 13.2 Å². The first-order valence-electron chi connectivity index (χ1n) is 8.83. The maximum Gasteiger partial charge on any atom is 0.573 e. The zero-order chi connectivity index (χ0) is 18.6. The lowest BCUT2D eigenvalue weighted by molar-refractivity contribution is -0.274. The van der Waals surface area contributed by atoms with Gasteiger partial charge in [-0.05, 0) is 58.5 Å². The van der Waals surface area contributed by atoms with Crippen LogP contribution in [0.5, 0.6) is 5.75 Å². The van der Waals surface area contributed by atoms with Crippen molar-refractivity contribution in [3.63, 3.8) is 0 Å². The Hall–Kier alpha value is -2.49. The van der Waals surface area contributed by atoms with Crippen LogP contribution >= 0.6 is 0 Å². The number of ether oxygens (including phenoxy) is 1. The molecule has 26 heavy (non-hydrogen) atoms. The maximum absolute atomic E-state index is 12.2. The van der Waals surface area contributed by atoms with E-state index in [1.807, 2.05) is 6.07 Å². The Kier molecular flexibility index (Phi) is 5.50. The fourth-order valence-corrected chi connectivity index (χ4v) is 3.06. The lowest BCUT2D eigenvalue weighted by Gasteiger charge is -2.10. The molecule has 1 nitrogen and oxygen atoms in total. The van der Waals surface area contributed by atoms with Gasteiger partial charge in [0.25, 0.3) is 0 Å². The number of hydrogen-bond donors (Lipinski definition) is 0. The second-order valence-corrected chi connectivity index (χ2v) is 6.43. The van der Waals surface area contributed by atoms with E-state index in [1.54, 1.807) is 12.1 Å². The molecule has 0 saturated carbocycles. The van der Waals surface area contributed by atoms with E-state index in [0.717, 1.165) is 22.9 Å². The Labute approximate surface area is 151 Å². The summed E-state index contributed by atoms with van der Waals surface area (Å²) in [6.07, 6.45) is 0.0761. The van der Waals surface area contributed by atoms with Crippen molar-refractivity contribution in [2.24, 2.45) is 0 Å². The van der Waals surface area contributed by atoms with Crippen molar-refractivity contribution in [3.05, 3.63) is 66.2 Å². The summed E-state index contributed by atoms with van der Waals surface area (Å²) < 4.78 is 40.7. The number of benzene rings is 3. The van der Waals surface area contributed by atoms with Gasteiger partial charge in [-0.2, -0.15) is 0 Å². The Morgan fingerprint density at radius 1 is 0.769 bits per heavy atom. The quantitative estimate of drug-likeness (QED) is 0.426. The molecule has 0 saturated heterocycles. The van der Waals surface area contributed by atoms with Crippen LogP contribution in [0, 0.1) is 0 Å². The number of alkyl halides is 3. The van der Waals surface area contributed by atoms with Crippen LogP contribution < -0.4 is 4.74 Å². The third-order valence-electron chi connectivity index (χ3n) is 4.39. The van der Waals surface area contributed by atoms with Crippen molar-refractivity contribution in [1.29, 1.82) is 0 Å². The van der Waals surface area contributed by atoms with Crippen molar-refractivity contribution in [1.82, 2.24) is 0 Å². The topological polar surface area (TPSA) is 9.23 Å². The minimum absolute atomic E-state index is 0.209. The molecule has 0 radical (unpaired) electrons. The van der Waals surface area contributed by atoms with Crippen molar-refractivity contribution in [3.8, 4) is 16.9 Å². The van der Waals surface area contributed by atoms with E-state index < -0.39 is 6.36 Å². The molecule has 0 amide bonds. The van der Waals surface area contributed by atoms with Crippen LogP contribution in [0.3, 0.4) is 0 Å². The van der Waals surface area contributed by atoms with Crippen LogP contribution in [0.25, 0.3) is 21.9 Å². The molecular weight excluding hydrogens is 337 g/mol. The van der Waals surface area contributed by atoms with E-state index in [1.165, 1.54) is 42.3 Å². The smallest absolute Gasteiger partial charge is 0.406 e. The molecule has 0 unspecified atom stereocenters. The van der Waals surface area contributed by atoms with Gasteiger partial charge in [0, 0.05) is 0 Å². The second-order valence-electron chi connectivity index (χ2n) is 6.43. The van der Waals surface area contributed by atoms with Crippen LogP contribution in [0.2, 0.25) is 0 Å².